The smallest absolute Gasteiger partial charge is 0.0445 e. The molecule has 0 radical (unpaired) electrons. The Morgan fingerprint density at radius 2 is 2.08 bits per heavy atom. The maximum Gasteiger partial charge on any atom is 0.0445 e. The van der Waals surface area contributed by atoms with Crippen LogP contribution in [0.25, 0.3) is 0 Å². The van der Waals surface area contributed by atoms with Gasteiger partial charge in [-0.3, -0.25) is 0 Å². The van der Waals surface area contributed by atoms with Gasteiger partial charge in [0.05, 0.1) is 0 Å². The molecule has 2 N–H and O–H groups in total. The second-order valence-electron chi connectivity index (χ2n) is 3.97. The van der Waals surface area contributed by atoms with Crippen LogP contribution >= 0.6 is 0 Å². The van der Waals surface area contributed by atoms with Crippen molar-refractivity contribution in [1.29, 1.82) is 0 Å². The molecule has 1 saturated carbocycles. The van der Waals surface area contributed by atoms with Crippen molar-refractivity contribution in [3.05, 3.63) is 0 Å². The first-order chi connectivity index (χ1) is 5.83. The van der Waals surface area contributed by atoms with E-state index in [0.717, 1.165) is 18.9 Å². The lowest BCUT2D eigenvalue weighted by atomic mass is 10.1. The molecule has 1 rings (SSSR count). The van der Waals surface area contributed by atoms with Crippen LogP contribution in [0, 0.1) is 5.92 Å². The van der Waals surface area contributed by atoms with Gasteiger partial charge >= 0.3 is 0 Å². The first-order valence-electron chi connectivity index (χ1n) is 5.17. The van der Waals surface area contributed by atoms with Crippen LogP contribution in [-0.2, 0) is 0 Å². The van der Waals surface area contributed by atoms with Gasteiger partial charge in [-0.2, -0.15) is 0 Å². The highest BCUT2D eigenvalue weighted by Crippen LogP contribution is 2.23. The molecule has 0 heterocycles. The van der Waals surface area contributed by atoms with Crippen LogP contribution < -0.4 is 5.32 Å². The maximum absolute atomic E-state index is 8.69. The van der Waals surface area contributed by atoms with Gasteiger partial charge in [0, 0.05) is 12.6 Å². The first kappa shape index (κ1) is 10.0. The normalized spacial score (nSPS) is 21.5. The van der Waals surface area contributed by atoms with Crippen molar-refractivity contribution in [2.75, 3.05) is 13.2 Å². The molecule has 12 heavy (non-hydrogen) atoms. The minimum absolute atomic E-state index is 0.304. The highest BCUT2D eigenvalue weighted by Gasteiger charge is 2.14. The molecular weight excluding hydrogens is 150 g/mol. The summed E-state index contributed by atoms with van der Waals surface area (Å²) in [5.41, 5.74) is 0. The number of rotatable bonds is 5. The molecule has 0 aromatic carbocycles. The maximum atomic E-state index is 8.69. The van der Waals surface area contributed by atoms with Crippen molar-refractivity contribution in [2.24, 2.45) is 5.92 Å². The average Bonchev–Trinajstić information content (AvgIpc) is 2.53. The SMILES string of the molecule is C[C@H](CCO)NCC1CCCC1. The van der Waals surface area contributed by atoms with Crippen LogP contribution in [-0.4, -0.2) is 24.3 Å². The molecule has 1 fully saturated rings. The molecule has 2 nitrogen and oxygen atoms in total. The molecule has 0 bridgehead atoms. The summed E-state index contributed by atoms with van der Waals surface area (Å²) in [4.78, 5) is 0. The Bertz CT molecular complexity index is 110. The molecular formula is C10H21NO. The summed E-state index contributed by atoms with van der Waals surface area (Å²) in [5, 5.41) is 12.2. The third-order valence-electron chi connectivity index (χ3n) is 2.79. The van der Waals surface area contributed by atoms with Gasteiger partial charge in [-0.05, 0) is 38.6 Å². The first-order valence-corrected chi connectivity index (χ1v) is 5.17. The lowest BCUT2D eigenvalue weighted by Gasteiger charge is -2.15. The third kappa shape index (κ3) is 3.55. The Hall–Kier alpha value is -0.0800. The molecule has 0 aromatic rings. The third-order valence-corrected chi connectivity index (χ3v) is 2.79. The van der Waals surface area contributed by atoms with Crippen LogP contribution in [0.1, 0.15) is 39.0 Å². The zero-order valence-electron chi connectivity index (χ0n) is 8.05. The molecule has 72 valence electrons. The summed E-state index contributed by atoms with van der Waals surface area (Å²) in [6, 6.07) is 0.482. The topological polar surface area (TPSA) is 32.3 Å². The minimum Gasteiger partial charge on any atom is -0.396 e. The van der Waals surface area contributed by atoms with Gasteiger partial charge in [0.1, 0.15) is 0 Å². The molecule has 0 saturated heterocycles. The Balaban J connectivity index is 1.99. The second-order valence-corrected chi connectivity index (χ2v) is 3.97. The highest BCUT2D eigenvalue weighted by molar-refractivity contribution is 4.71. The predicted molar refractivity (Wildman–Crippen MR) is 51.1 cm³/mol. The van der Waals surface area contributed by atoms with Gasteiger partial charge in [0.15, 0.2) is 0 Å². The van der Waals surface area contributed by atoms with Crippen LogP contribution in [0.3, 0.4) is 0 Å². The summed E-state index contributed by atoms with van der Waals surface area (Å²) >= 11 is 0. The van der Waals surface area contributed by atoms with E-state index in [4.69, 9.17) is 5.11 Å². The molecule has 0 spiro atoms. The zero-order chi connectivity index (χ0) is 8.81. The number of hydrogen-bond donors (Lipinski definition) is 2. The lowest BCUT2D eigenvalue weighted by Crippen LogP contribution is -2.31. The molecule has 1 aliphatic rings. The molecule has 1 atom stereocenters. The Labute approximate surface area is 75.4 Å². The summed E-state index contributed by atoms with van der Waals surface area (Å²) in [6.07, 6.45) is 6.52. The van der Waals surface area contributed by atoms with E-state index in [2.05, 4.69) is 12.2 Å². The van der Waals surface area contributed by atoms with Gasteiger partial charge < -0.3 is 10.4 Å². The molecule has 2 heteroatoms. The average molecular weight is 171 g/mol. The van der Waals surface area contributed by atoms with Crippen molar-refractivity contribution in [3.8, 4) is 0 Å². The Morgan fingerprint density at radius 1 is 1.42 bits per heavy atom. The predicted octanol–water partition coefficient (Wildman–Crippen LogP) is 1.54. The van der Waals surface area contributed by atoms with E-state index in [0.29, 0.717) is 12.6 Å². The number of nitrogens with one attached hydrogen (secondary N) is 1. The zero-order valence-corrected chi connectivity index (χ0v) is 8.05. The van der Waals surface area contributed by atoms with Gasteiger partial charge in [-0.15, -0.1) is 0 Å². The Morgan fingerprint density at radius 3 is 2.67 bits per heavy atom. The van der Waals surface area contributed by atoms with Gasteiger partial charge in [-0.1, -0.05) is 12.8 Å². The van der Waals surface area contributed by atoms with Crippen molar-refractivity contribution >= 4 is 0 Å². The fourth-order valence-electron chi connectivity index (χ4n) is 1.88. The standard InChI is InChI=1S/C10H21NO/c1-9(6-7-12)11-8-10-4-2-3-5-10/h9-12H,2-8H2,1H3/t9-/m1/s1. The Kier molecular flexibility index (Phi) is 4.62. The molecule has 1 aliphatic carbocycles. The molecule has 0 amide bonds. The second kappa shape index (κ2) is 5.55. The van der Waals surface area contributed by atoms with E-state index >= 15 is 0 Å². The summed E-state index contributed by atoms with van der Waals surface area (Å²) in [6.45, 7) is 3.60. The van der Waals surface area contributed by atoms with Crippen LogP contribution in [0.4, 0.5) is 0 Å². The van der Waals surface area contributed by atoms with Crippen LogP contribution in [0.5, 0.6) is 0 Å². The number of hydrogen-bond acceptors (Lipinski definition) is 2. The van der Waals surface area contributed by atoms with E-state index in [1.54, 1.807) is 0 Å². The van der Waals surface area contributed by atoms with Crippen molar-refractivity contribution in [2.45, 2.75) is 45.1 Å². The van der Waals surface area contributed by atoms with E-state index in [1.165, 1.54) is 25.7 Å². The van der Waals surface area contributed by atoms with Crippen molar-refractivity contribution in [1.82, 2.24) is 5.32 Å². The highest BCUT2D eigenvalue weighted by atomic mass is 16.3. The van der Waals surface area contributed by atoms with E-state index in [1.807, 2.05) is 0 Å². The van der Waals surface area contributed by atoms with Crippen molar-refractivity contribution in [3.63, 3.8) is 0 Å². The van der Waals surface area contributed by atoms with Crippen molar-refractivity contribution < 1.29 is 5.11 Å². The van der Waals surface area contributed by atoms with Crippen LogP contribution in [0.15, 0.2) is 0 Å². The fraction of sp³-hybridized carbons (Fsp3) is 1.00. The van der Waals surface area contributed by atoms with E-state index in [9.17, 15) is 0 Å². The van der Waals surface area contributed by atoms with Gasteiger partial charge in [0.25, 0.3) is 0 Å². The molecule has 0 unspecified atom stereocenters. The molecule has 0 aliphatic heterocycles. The summed E-state index contributed by atoms with van der Waals surface area (Å²) in [5.74, 6) is 0.908. The monoisotopic (exact) mass is 171 g/mol. The fourth-order valence-corrected chi connectivity index (χ4v) is 1.88. The largest absolute Gasteiger partial charge is 0.396 e. The number of aliphatic hydroxyl groups is 1. The quantitative estimate of drug-likeness (QED) is 0.657. The van der Waals surface area contributed by atoms with Gasteiger partial charge in [-0.25, -0.2) is 0 Å². The van der Waals surface area contributed by atoms with E-state index in [-0.39, 0.29) is 0 Å². The summed E-state index contributed by atoms with van der Waals surface area (Å²) in [7, 11) is 0. The number of aliphatic hydroxyl groups excluding tert-OH is 1. The van der Waals surface area contributed by atoms with Gasteiger partial charge in [0.2, 0.25) is 0 Å². The van der Waals surface area contributed by atoms with Crippen LogP contribution in [0.2, 0.25) is 0 Å². The van der Waals surface area contributed by atoms with E-state index < -0.39 is 0 Å². The minimum atomic E-state index is 0.304. The molecule has 0 aromatic heterocycles. The summed E-state index contributed by atoms with van der Waals surface area (Å²) < 4.78 is 0. The lowest BCUT2D eigenvalue weighted by molar-refractivity contribution is 0.266.